The van der Waals surface area contributed by atoms with Gasteiger partial charge < -0.3 is 16.4 Å². The van der Waals surface area contributed by atoms with E-state index in [0.717, 1.165) is 0 Å². The molecular weight excluding hydrogens is 234 g/mol. The lowest BCUT2D eigenvalue weighted by molar-refractivity contribution is -0.122. The van der Waals surface area contributed by atoms with Gasteiger partial charge in [0.1, 0.15) is 6.54 Å². The van der Waals surface area contributed by atoms with Gasteiger partial charge in [-0.05, 0) is 13.8 Å². The minimum absolute atomic E-state index is 0.0753. The van der Waals surface area contributed by atoms with E-state index in [1.807, 2.05) is 13.8 Å². The summed E-state index contributed by atoms with van der Waals surface area (Å²) in [6.07, 6.45) is 3.32. The van der Waals surface area contributed by atoms with Crippen LogP contribution in [-0.4, -0.2) is 34.2 Å². The molecule has 0 saturated heterocycles. The number of hydrogen-bond donors (Lipinski definition) is 3. The number of nitrogens with zero attached hydrogens (tertiary/aromatic N) is 2. The summed E-state index contributed by atoms with van der Waals surface area (Å²) in [7, 11) is 0. The first-order valence-electron chi connectivity index (χ1n) is 5.81. The first-order valence-corrected chi connectivity index (χ1v) is 5.81. The molecule has 0 saturated carbocycles. The summed E-state index contributed by atoms with van der Waals surface area (Å²) in [6, 6.07) is 0.111. The predicted molar refractivity (Wildman–Crippen MR) is 67.5 cm³/mol. The lowest BCUT2D eigenvalue weighted by Crippen LogP contribution is -2.35. The Kier molecular flexibility index (Phi) is 5.16. The average molecular weight is 253 g/mol. The Morgan fingerprint density at radius 2 is 2.17 bits per heavy atom. The molecule has 0 aliphatic rings. The fourth-order valence-corrected chi connectivity index (χ4v) is 1.38. The normalized spacial score (nSPS) is 10.4. The number of nitrogens with one attached hydrogen (secondary N) is 2. The van der Waals surface area contributed by atoms with Crippen LogP contribution in [-0.2, 0) is 16.1 Å². The average Bonchev–Trinajstić information content (AvgIpc) is 2.62. The molecule has 0 fully saturated rings. The summed E-state index contributed by atoms with van der Waals surface area (Å²) < 4.78 is 1.44. The van der Waals surface area contributed by atoms with Crippen molar-refractivity contribution in [2.75, 3.05) is 12.3 Å². The van der Waals surface area contributed by atoms with E-state index in [0.29, 0.717) is 12.2 Å². The fourth-order valence-electron chi connectivity index (χ4n) is 1.38. The van der Waals surface area contributed by atoms with Crippen molar-refractivity contribution in [2.45, 2.75) is 32.9 Å². The van der Waals surface area contributed by atoms with Crippen LogP contribution in [0.25, 0.3) is 0 Å². The maximum Gasteiger partial charge on any atom is 0.241 e. The molecule has 1 rings (SSSR count). The standard InChI is InChI=1S/C11H19N5O2/c1-8(2)15-10(17)3-4-13-11(18)7-16-6-9(12)5-14-16/h5-6,8H,3-4,7,12H2,1-2H3,(H,13,18)(H,15,17). The minimum Gasteiger partial charge on any atom is -0.396 e. The Labute approximate surface area is 106 Å². The quantitative estimate of drug-likeness (QED) is 0.635. The molecule has 7 nitrogen and oxygen atoms in total. The number of amides is 2. The molecule has 100 valence electrons. The maximum absolute atomic E-state index is 11.5. The monoisotopic (exact) mass is 253 g/mol. The van der Waals surface area contributed by atoms with Gasteiger partial charge in [-0.3, -0.25) is 14.3 Å². The number of nitrogen functional groups attached to an aromatic ring is 1. The van der Waals surface area contributed by atoms with Crippen molar-refractivity contribution in [1.82, 2.24) is 20.4 Å². The van der Waals surface area contributed by atoms with E-state index >= 15 is 0 Å². The Morgan fingerprint density at radius 3 is 2.72 bits per heavy atom. The Morgan fingerprint density at radius 1 is 1.44 bits per heavy atom. The van der Waals surface area contributed by atoms with Crippen molar-refractivity contribution in [3.63, 3.8) is 0 Å². The van der Waals surface area contributed by atoms with Gasteiger partial charge in [-0.1, -0.05) is 0 Å². The van der Waals surface area contributed by atoms with Gasteiger partial charge in [0, 0.05) is 25.2 Å². The number of carbonyl (C=O) groups is 2. The molecule has 4 N–H and O–H groups in total. The molecule has 0 unspecified atom stereocenters. The Bertz CT molecular complexity index is 413. The van der Waals surface area contributed by atoms with Crippen molar-refractivity contribution < 1.29 is 9.59 Å². The van der Waals surface area contributed by atoms with Crippen LogP contribution in [0, 0.1) is 0 Å². The highest BCUT2D eigenvalue weighted by atomic mass is 16.2. The summed E-state index contributed by atoms with van der Waals surface area (Å²) in [5.41, 5.74) is 5.99. The van der Waals surface area contributed by atoms with Gasteiger partial charge in [-0.25, -0.2) is 0 Å². The number of hydrogen-bond acceptors (Lipinski definition) is 4. The first kappa shape index (κ1) is 14.0. The second kappa shape index (κ2) is 6.63. The van der Waals surface area contributed by atoms with E-state index in [-0.39, 0.29) is 30.8 Å². The van der Waals surface area contributed by atoms with Crippen molar-refractivity contribution in [2.24, 2.45) is 0 Å². The van der Waals surface area contributed by atoms with Gasteiger partial charge in [-0.2, -0.15) is 5.10 Å². The fraction of sp³-hybridized carbons (Fsp3) is 0.545. The maximum atomic E-state index is 11.5. The summed E-state index contributed by atoms with van der Waals surface area (Å²) >= 11 is 0. The van der Waals surface area contributed by atoms with Gasteiger partial charge in [-0.15, -0.1) is 0 Å². The Hall–Kier alpha value is -2.05. The summed E-state index contributed by atoms with van der Waals surface area (Å²) in [5.74, 6) is -0.274. The molecule has 1 aromatic heterocycles. The van der Waals surface area contributed by atoms with Crippen molar-refractivity contribution in [3.05, 3.63) is 12.4 Å². The summed E-state index contributed by atoms with van der Waals surface area (Å²) in [4.78, 5) is 22.8. The molecule has 2 amide bonds. The highest BCUT2D eigenvalue weighted by Crippen LogP contribution is 1.96. The largest absolute Gasteiger partial charge is 0.396 e. The van der Waals surface area contributed by atoms with E-state index in [1.165, 1.54) is 10.9 Å². The van der Waals surface area contributed by atoms with Crippen LogP contribution in [0.5, 0.6) is 0 Å². The second-order valence-corrected chi connectivity index (χ2v) is 4.29. The van der Waals surface area contributed by atoms with E-state index in [2.05, 4.69) is 15.7 Å². The van der Waals surface area contributed by atoms with E-state index in [4.69, 9.17) is 5.73 Å². The number of anilines is 1. The zero-order valence-electron chi connectivity index (χ0n) is 10.6. The zero-order chi connectivity index (χ0) is 13.5. The highest BCUT2D eigenvalue weighted by molar-refractivity contribution is 5.78. The molecule has 0 aromatic carbocycles. The van der Waals surface area contributed by atoms with Crippen LogP contribution in [0.4, 0.5) is 5.69 Å². The van der Waals surface area contributed by atoms with Crippen LogP contribution in [0.15, 0.2) is 12.4 Å². The van der Waals surface area contributed by atoms with Crippen LogP contribution >= 0.6 is 0 Å². The predicted octanol–water partition coefficient (Wildman–Crippen LogP) is -0.504. The smallest absolute Gasteiger partial charge is 0.241 e. The zero-order valence-corrected chi connectivity index (χ0v) is 10.6. The first-order chi connectivity index (χ1) is 8.47. The molecule has 0 aliphatic heterocycles. The minimum atomic E-state index is -0.199. The number of rotatable bonds is 6. The molecule has 1 aromatic rings. The van der Waals surface area contributed by atoms with Crippen LogP contribution in [0.2, 0.25) is 0 Å². The van der Waals surface area contributed by atoms with Gasteiger partial charge in [0.25, 0.3) is 0 Å². The topological polar surface area (TPSA) is 102 Å². The van der Waals surface area contributed by atoms with Gasteiger partial charge in [0.2, 0.25) is 11.8 Å². The molecule has 0 radical (unpaired) electrons. The molecule has 1 heterocycles. The Balaban J connectivity index is 2.19. The van der Waals surface area contributed by atoms with E-state index < -0.39 is 0 Å². The van der Waals surface area contributed by atoms with Crippen LogP contribution in [0.3, 0.4) is 0 Å². The number of nitrogens with two attached hydrogens (primary N) is 1. The third-order valence-electron chi connectivity index (χ3n) is 2.08. The number of aromatic nitrogens is 2. The molecule has 7 heteroatoms. The SMILES string of the molecule is CC(C)NC(=O)CCNC(=O)Cn1cc(N)cn1. The lowest BCUT2D eigenvalue weighted by Gasteiger charge is -2.08. The van der Waals surface area contributed by atoms with E-state index in [9.17, 15) is 9.59 Å². The van der Waals surface area contributed by atoms with Gasteiger partial charge in [0.05, 0.1) is 11.9 Å². The summed E-state index contributed by atoms with van der Waals surface area (Å²) in [5, 5.41) is 9.28. The third-order valence-corrected chi connectivity index (χ3v) is 2.08. The number of carbonyl (C=O) groups excluding carboxylic acids is 2. The van der Waals surface area contributed by atoms with Crippen molar-refractivity contribution in [1.29, 1.82) is 0 Å². The summed E-state index contributed by atoms with van der Waals surface area (Å²) in [6.45, 7) is 4.19. The molecule has 0 atom stereocenters. The van der Waals surface area contributed by atoms with Gasteiger partial charge in [0.15, 0.2) is 0 Å². The lowest BCUT2D eigenvalue weighted by atomic mass is 10.3. The van der Waals surface area contributed by atoms with Crippen molar-refractivity contribution in [3.8, 4) is 0 Å². The molecule has 0 spiro atoms. The highest BCUT2D eigenvalue weighted by Gasteiger charge is 2.06. The molecule has 0 bridgehead atoms. The second-order valence-electron chi connectivity index (χ2n) is 4.29. The van der Waals surface area contributed by atoms with Gasteiger partial charge >= 0.3 is 0 Å². The van der Waals surface area contributed by atoms with Crippen molar-refractivity contribution >= 4 is 17.5 Å². The molecule has 0 aliphatic carbocycles. The molecule has 18 heavy (non-hydrogen) atoms. The van der Waals surface area contributed by atoms with E-state index in [1.54, 1.807) is 6.20 Å². The van der Waals surface area contributed by atoms with Crippen LogP contribution < -0.4 is 16.4 Å². The molecular formula is C11H19N5O2. The van der Waals surface area contributed by atoms with Crippen LogP contribution in [0.1, 0.15) is 20.3 Å². The third kappa shape index (κ3) is 5.33.